The number of anilines is 1. The highest BCUT2D eigenvalue weighted by Gasteiger charge is 2.09. The van der Waals surface area contributed by atoms with Gasteiger partial charge in [0, 0.05) is 5.02 Å². The summed E-state index contributed by atoms with van der Waals surface area (Å²) < 4.78 is 4.81. The topological polar surface area (TPSA) is 42.2 Å². The van der Waals surface area contributed by atoms with Gasteiger partial charge in [-0.1, -0.05) is 23.2 Å². The molecule has 0 atom stereocenters. The average Bonchev–Trinajstić information content (AvgIpc) is 2.75. The lowest BCUT2D eigenvalue weighted by molar-refractivity contribution is 0.102. The smallest absolute Gasteiger partial charge is 0.258 e. The summed E-state index contributed by atoms with van der Waals surface area (Å²) in [5, 5.41) is 3.56. The zero-order valence-electron chi connectivity index (χ0n) is 8.04. The largest absolute Gasteiger partial charge is 0.472 e. The molecule has 0 saturated heterocycles. The second-order valence-electron chi connectivity index (χ2n) is 3.09. The van der Waals surface area contributed by atoms with Crippen LogP contribution in [-0.2, 0) is 0 Å². The first-order chi connectivity index (χ1) is 7.66. The van der Waals surface area contributed by atoms with Crippen LogP contribution in [0.5, 0.6) is 0 Å². The summed E-state index contributed by atoms with van der Waals surface area (Å²) in [5.74, 6) is -0.280. The van der Waals surface area contributed by atoms with Gasteiger partial charge in [-0.15, -0.1) is 0 Å². The molecule has 1 heterocycles. The number of hydrogen-bond acceptors (Lipinski definition) is 2. The number of carbonyl (C=O) groups excluding carboxylic acids is 1. The molecular weight excluding hydrogens is 249 g/mol. The van der Waals surface area contributed by atoms with Gasteiger partial charge in [0.05, 0.1) is 22.5 Å². The van der Waals surface area contributed by atoms with E-state index in [0.717, 1.165) is 0 Å². The highest BCUT2D eigenvalue weighted by atomic mass is 35.5. The monoisotopic (exact) mass is 255 g/mol. The second kappa shape index (κ2) is 4.60. The SMILES string of the molecule is O=C(Nc1ccc(Cl)cc1Cl)c1ccoc1. The lowest BCUT2D eigenvalue weighted by Gasteiger charge is -2.05. The van der Waals surface area contributed by atoms with Crippen LogP contribution in [0.3, 0.4) is 0 Å². The fourth-order valence-corrected chi connectivity index (χ4v) is 1.63. The van der Waals surface area contributed by atoms with E-state index in [0.29, 0.717) is 21.3 Å². The number of nitrogens with one attached hydrogen (secondary N) is 1. The fourth-order valence-electron chi connectivity index (χ4n) is 1.18. The standard InChI is InChI=1S/C11H7Cl2NO2/c12-8-1-2-10(9(13)5-8)14-11(15)7-3-4-16-6-7/h1-6H,(H,14,15). The van der Waals surface area contributed by atoms with E-state index < -0.39 is 0 Å². The number of benzene rings is 1. The van der Waals surface area contributed by atoms with Crippen molar-refractivity contribution in [3.8, 4) is 0 Å². The third kappa shape index (κ3) is 2.38. The molecule has 3 nitrogen and oxygen atoms in total. The molecule has 0 aliphatic carbocycles. The highest BCUT2D eigenvalue weighted by Crippen LogP contribution is 2.25. The van der Waals surface area contributed by atoms with Gasteiger partial charge in [-0.25, -0.2) is 0 Å². The van der Waals surface area contributed by atoms with E-state index in [-0.39, 0.29) is 5.91 Å². The molecule has 5 heteroatoms. The van der Waals surface area contributed by atoms with Crippen molar-refractivity contribution < 1.29 is 9.21 Å². The molecule has 1 aromatic heterocycles. The summed E-state index contributed by atoms with van der Waals surface area (Å²) in [7, 11) is 0. The molecule has 1 aromatic carbocycles. The quantitative estimate of drug-likeness (QED) is 0.886. The number of furan rings is 1. The predicted molar refractivity (Wildman–Crippen MR) is 63.1 cm³/mol. The summed E-state index contributed by atoms with van der Waals surface area (Å²) >= 11 is 11.7. The van der Waals surface area contributed by atoms with Gasteiger partial charge < -0.3 is 9.73 Å². The average molecular weight is 256 g/mol. The fraction of sp³-hybridized carbons (Fsp3) is 0. The van der Waals surface area contributed by atoms with Crippen LogP contribution in [0, 0.1) is 0 Å². The molecule has 0 bridgehead atoms. The molecule has 0 spiro atoms. The third-order valence-corrected chi connectivity index (χ3v) is 2.51. The number of carbonyl (C=O) groups is 1. The highest BCUT2D eigenvalue weighted by molar-refractivity contribution is 6.36. The lowest BCUT2D eigenvalue weighted by Crippen LogP contribution is -2.10. The maximum absolute atomic E-state index is 11.6. The third-order valence-electron chi connectivity index (χ3n) is 1.96. The first kappa shape index (κ1) is 11.0. The number of amides is 1. The van der Waals surface area contributed by atoms with Gasteiger partial charge in [0.25, 0.3) is 5.91 Å². The van der Waals surface area contributed by atoms with Crippen molar-refractivity contribution in [1.29, 1.82) is 0 Å². The zero-order chi connectivity index (χ0) is 11.5. The van der Waals surface area contributed by atoms with E-state index in [1.165, 1.54) is 12.5 Å². The van der Waals surface area contributed by atoms with Crippen molar-refractivity contribution in [2.45, 2.75) is 0 Å². The molecule has 0 fully saturated rings. The van der Waals surface area contributed by atoms with Gasteiger partial charge in [0.2, 0.25) is 0 Å². The summed E-state index contributed by atoms with van der Waals surface area (Å²) in [6.07, 6.45) is 2.79. The van der Waals surface area contributed by atoms with Gasteiger partial charge in [0.1, 0.15) is 6.26 Å². The Labute approximate surface area is 102 Å². The molecule has 0 radical (unpaired) electrons. The molecule has 82 valence electrons. The van der Waals surface area contributed by atoms with Gasteiger partial charge in [-0.2, -0.15) is 0 Å². The van der Waals surface area contributed by atoms with E-state index in [1.807, 2.05) is 0 Å². The summed E-state index contributed by atoms with van der Waals surface area (Å²) in [4.78, 5) is 11.6. The lowest BCUT2D eigenvalue weighted by atomic mass is 10.3. The molecule has 1 amide bonds. The van der Waals surface area contributed by atoms with E-state index in [2.05, 4.69) is 5.32 Å². The van der Waals surface area contributed by atoms with Crippen LogP contribution in [0.1, 0.15) is 10.4 Å². The molecule has 0 aliphatic rings. The van der Waals surface area contributed by atoms with Crippen LogP contribution < -0.4 is 5.32 Å². The Kier molecular flexibility index (Phi) is 3.17. The molecule has 2 rings (SSSR count). The van der Waals surface area contributed by atoms with Crippen LogP contribution in [0.2, 0.25) is 10.0 Å². The van der Waals surface area contributed by atoms with Crippen molar-refractivity contribution in [2.75, 3.05) is 5.32 Å². The number of rotatable bonds is 2. The van der Waals surface area contributed by atoms with Gasteiger partial charge in [-0.05, 0) is 24.3 Å². The molecule has 0 unspecified atom stereocenters. The van der Waals surface area contributed by atoms with Crippen molar-refractivity contribution in [1.82, 2.24) is 0 Å². The minimum atomic E-state index is -0.280. The Morgan fingerprint density at radius 1 is 1.25 bits per heavy atom. The molecule has 16 heavy (non-hydrogen) atoms. The molecular formula is C11H7Cl2NO2. The Morgan fingerprint density at radius 3 is 2.69 bits per heavy atom. The Balaban J connectivity index is 2.18. The first-order valence-electron chi connectivity index (χ1n) is 4.45. The van der Waals surface area contributed by atoms with Gasteiger partial charge >= 0.3 is 0 Å². The number of hydrogen-bond donors (Lipinski definition) is 1. The molecule has 1 N–H and O–H groups in total. The van der Waals surface area contributed by atoms with Crippen LogP contribution in [0.15, 0.2) is 41.2 Å². The Bertz CT molecular complexity index is 509. The summed E-state index contributed by atoms with van der Waals surface area (Å²) in [6, 6.07) is 6.42. The van der Waals surface area contributed by atoms with Crippen molar-refractivity contribution in [3.05, 3.63) is 52.4 Å². The summed E-state index contributed by atoms with van der Waals surface area (Å²) in [6.45, 7) is 0. The summed E-state index contributed by atoms with van der Waals surface area (Å²) in [5.41, 5.74) is 0.947. The molecule has 0 aliphatic heterocycles. The van der Waals surface area contributed by atoms with E-state index in [4.69, 9.17) is 27.6 Å². The van der Waals surface area contributed by atoms with Gasteiger partial charge in [0.15, 0.2) is 0 Å². The van der Waals surface area contributed by atoms with Gasteiger partial charge in [-0.3, -0.25) is 4.79 Å². The molecule has 0 saturated carbocycles. The normalized spacial score (nSPS) is 10.1. The minimum Gasteiger partial charge on any atom is -0.472 e. The van der Waals surface area contributed by atoms with Crippen LogP contribution >= 0.6 is 23.2 Å². The van der Waals surface area contributed by atoms with Crippen LogP contribution in [0.4, 0.5) is 5.69 Å². The maximum Gasteiger partial charge on any atom is 0.258 e. The van der Waals surface area contributed by atoms with Crippen molar-refractivity contribution >= 4 is 34.8 Å². The molecule has 2 aromatic rings. The van der Waals surface area contributed by atoms with E-state index in [9.17, 15) is 4.79 Å². The van der Waals surface area contributed by atoms with Crippen LogP contribution in [-0.4, -0.2) is 5.91 Å². The minimum absolute atomic E-state index is 0.280. The maximum atomic E-state index is 11.6. The Morgan fingerprint density at radius 2 is 2.06 bits per heavy atom. The zero-order valence-corrected chi connectivity index (χ0v) is 9.55. The Hall–Kier alpha value is -1.45. The second-order valence-corrected chi connectivity index (χ2v) is 3.93. The van der Waals surface area contributed by atoms with Crippen molar-refractivity contribution in [3.63, 3.8) is 0 Å². The van der Waals surface area contributed by atoms with Crippen molar-refractivity contribution in [2.24, 2.45) is 0 Å². The van der Waals surface area contributed by atoms with Crippen LogP contribution in [0.25, 0.3) is 0 Å². The van der Waals surface area contributed by atoms with E-state index >= 15 is 0 Å². The van der Waals surface area contributed by atoms with E-state index in [1.54, 1.807) is 24.3 Å². The predicted octanol–water partition coefficient (Wildman–Crippen LogP) is 3.84. The number of halogens is 2. The first-order valence-corrected chi connectivity index (χ1v) is 5.21.